The topological polar surface area (TPSA) is 39.1 Å². The second-order valence-corrected chi connectivity index (χ2v) is 4.80. The molecule has 0 amide bonds. The SMILES string of the molecule is CCOCC(Cc1c(Br)c(C)nn1CC)NC. The van der Waals surface area contributed by atoms with Gasteiger partial charge in [-0.2, -0.15) is 5.10 Å². The molecule has 4 nitrogen and oxygen atoms in total. The molecule has 0 saturated carbocycles. The molecule has 1 rings (SSSR count). The number of halogens is 1. The van der Waals surface area contributed by atoms with E-state index in [1.807, 2.05) is 20.9 Å². The van der Waals surface area contributed by atoms with E-state index in [0.717, 1.165) is 36.3 Å². The maximum atomic E-state index is 5.47. The van der Waals surface area contributed by atoms with Crippen LogP contribution in [0.1, 0.15) is 25.2 Å². The third-order valence-electron chi connectivity index (χ3n) is 2.82. The van der Waals surface area contributed by atoms with E-state index in [0.29, 0.717) is 6.04 Å². The van der Waals surface area contributed by atoms with Crippen molar-refractivity contribution in [1.82, 2.24) is 15.1 Å². The minimum atomic E-state index is 0.327. The highest BCUT2D eigenvalue weighted by Crippen LogP contribution is 2.22. The molecule has 0 aliphatic rings. The van der Waals surface area contributed by atoms with Crippen LogP contribution in [0.3, 0.4) is 0 Å². The maximum Gasteiger partial charge on any atom is 0.0738 e. The summed E-state index contributed by atoms with van der Waals surface area (Å²) in [4.78, 5) is 0. The van der Waals surface area contributed by atoms with E-state index in [-0.39, 0.29) is 0 Å². The van der Waals surface area contributed by atoms with E-state index in [9.17, 15) is 0 Å². The lowest BCUT2D eigenvalue weighted by Gasteiger charge is -2.16. The van der Waals surface area contributed by atoms with Crippen molar-refractivity contribution in [2.45, 2.75) is 39.8 Å². The van der Waals surface area contributed by atoms with Crippen LogP contribution >= 0.6 is 15.9 Å². The number of hydrogen-bond donors (Lipinski definition) is 1. The summed E-state index contributed by atoms with van der Waals surface area (Å²) in [6.45, 7) is 8.53. The molecule has 0 aliphatic carbocycles. The van der Waals surface area contributed by atoms with Gasteiger partial charge in [0.05, 0.1) is 22.5 Å². The van der Waals surface area contributed by atoms with Crippen LogP contribution in [0, 0.1) is 6.92 Å². The number of hydrogen-bond acceptors (Lipinski definition) is 3. The zero-order chi connectivity index (χ0) is 12.8. The summed E-state index contributed by atoms with van der Waals surface area (Å²) in [6, 6.07) is 0.327. The number of rotatable bonds is 7. The Balaban J connectivity index is 2.77. The van der Waals surface area contributed by atoms with Crippen LogP contribution in [0.5, 0.6) is 0 Å². The van der Waals surface area contributed by atoms with Crippen LogP contribution in [0.4, 0.5) is 0 Å². The van der Waals surface area contributed by atoms with E-state index in [1.54, 1.807) is 0 Å². The molecule has 0 bridgehead atoms. The first kappa shape index (κ1) is 14.7. The first-order valence-corrected chi connectivity index (χ1v) is 6.90. The Hall–Kier alpha value is -0.390. The molecule has 0 spiro atoms. The van der Waals surface area contributed by atoms with Crippen molar-refractivity contribution in [1.29, 1.82) is 0 Å². The van der Waals surface area contributed by atoms with Gasteiger partial charge in [0, 0.05) is 25.6 Å². The highest BCUT2D eigenvalue weighted by Gasteiger charge is 2.16. The molecule has 0 aromatic carbocycles. The number of ether oxygens (including phenoxy) is 1. The summed E-state index contributed by atoms with van der Waals surface area (Å²) in [6.07, 6.45) is 0.922. The third-order valence-corrected chi connectivity index (χ3v) is 3.86. The Kier molecular flexibility index (Phi) is 6.16. The second kappa shape index (κ2) is 7.13. The summed E-state index contributed by atoms with van der Waals surface area (Å²) in [7, 11) is 1.97. The van der Waals surface area contributed by atoms with Crippen molar-refractivity contribution in [2.24, 2.45) is 0 Å². The molecule has 1 N–H and O–H groups in total. The quantitative estimate of drug-likeness (QED) is 0.839. The summed E-state index contributed by atoms with van der Waals surface area (Å²) in [5.41, 5.74) is 2.29. The van der Waals surface area contributed by atoms with Gasteiger partial charge in [-0.1, -0.05) is 0 Å². The van der Waals surface area contributed by atoms with Gasteiger partial charge >= 0.3 is 0 Å². The molecular weight excluding hydrogens is 282 g/mol. The van der Waals surface area contributed by atoms with E-state index in [4.69, 9.17) is 4.74 Å². The molecular formula is C12H22BrN3O. The lowest BCUT2D eigenvalue weighted by molar-refractivity contribution is 0.124. The lowest BCUT2D eigenvalue weighted by Crippen LogP contribution is -2.33. The third kappa shape index (κ3) is 3.79. The highest BCUT2D eigenvalue weighted by atomic mass is 79.9. The maximum absolute atomic E-state index is 5.47. The van der Waals surface area contributed by atoms with Crippen LogP contribution < -0.4 is 5.32 Å². The average Bonchev–Trinajstić information content (AvgIpc) is 2.61. The van der Waals surface area contributed by atoms with Gasteiger partial charge in [-0.3, -0.25) is 4.68 Å². The second-order valence-electron chi connectivity index (χ2n) is 4.01. The standard InChI is InChI=1S/C12H22BrN3O/c1-5-16-11(12(13)9(3)15-16)7-10(14-4)8-17-6-2/h10,14H,5-8H2,1-4H3. The van der Waals surface area contributed by atoms with Gasteiger partial charge in [0.1, 0.15) is 0 Å². The summed E-state index contributed by atoms with van der Waals surface area (Å²) < 4.78 is 8.64. The number of aromatic nitrogens is 2. The lowest BCUT2D eigenvalue weighted by atomic mass is 10.1. The molecule has 1 heterocycles. The van der Waals surface area contributed by atoms with E-state index in [2.05, 4.69) is 38.0 Å². The van der Waals surface area contributed by atoms with Crippen LogP contribution in [-0.2, 0) is 17.7 Å². The Morgan fingerprint density at radius 1 is 1.47 bits per heavy atom. The molecule has 1 aromatic rings. The summed E-state index contributed by atoms with van der Waals surface area (Å²) in [5, 5.41) is 7.78. The van der Waals surface area contributed by atoms with E-state index in [1.165, 1.54) is 5.69 Å². The predicted octanol–water partition coefficient (Wildman–Crippen LogP) is 2.14. The fraction of sp³-hybridized carbons (Fsp3) is 0.750. The van der Waals surface area contributed by atoms with Crippen LogP contribution in [0.2, 0.25) is 0 Å². The molecule has 0 radical (unpaired) electrons. The number of nitrogens with zero attached hydrogens (tertiary/aromatic N) is 2. The largest absolute Gasteiger partial charge is 0.380 e. The summed E-state index contributed by atoms with van der Waals surface area (Å²) >= 11 is 3.62. The first-order valence-electron chi connectivity index (χ1n) is 6.10. The van der Waals surface area contributed by atoms with E-state index >= 15 is 0 Å². The van der Waals surface area contributed by atoms with E-state index < -0.39 is 0 Å². The molecule has 1 unspecified atom stereocenters. The Morgan fingerprint density at radius 2 is 2.18 bits per heavy atom. The van der Waals surface area contributed by atoms with Crippen molar-refractivity contribution in [3.8, 4) is 0 Å². The van der Waals surface area contributed by atoms with Crippen molar-refractivity contribution >= 4 is 15.9 Å². The van der Waals surface area contributed by atoms with Gasteiger partial charge in [-0.15, -0.1) is 0 Å². The monoisotopic (exact) mass is 303 g/mol. The van der Waals surface area contributed by atoms with Gasteiger partial charge in [-0.25, -0.2) is 0 Å². The van der Waals surface area contributed by atoms with Gasteiger partial charge in [-0.05, 0) is 43.7 Å². The Bertz CT molecular complexity index is 352. The van der Waals surface area contributed by atoms with Gasteiger partial charge < -0.3 is 10.1 Å². The predicted molar refractivity (Wildman–Crippen MR) is 73.4 cm³/mol. The molecule has 17 heavy (non-hydrogen) atoms. The number of likely N-dealkylation sites (N-methyl/N-ethyl adjacent to an activating group) is 1. The highest BCUT2D eigenvalue weighted by molar-refractivity contribution is 9.10. The molecule has 98 valence electrons. The van der Waals surface area contributed by atoms with Crippen molar-refractivity contribution in [3.05, 3.63) is 15.9 Å². The Labute approximate surface area is 112 Å². The minimum absolute atomic E-state index is 0.327. The molecule has 0 saturated heterocycles. The zero-order valence-electron chi connectivity index (χ0n) is 11.1. The fourth-order valence-corrected chi connectivity index (χ4v) is 2.25. The molecule has 0 aliphatic heterocycles. The molecule has 5 heteroatoms. The first-order chi connectivity index (χ1) is 8.13. The summed E-state index contributed by atoms with van der Waals surface area (Å²) in [5.74, 6) is 0. The van der Waals surface area contributed by atoms with Crippen LogP contribution in [0.25, 0.3) is 0 Å². The zero-order valence-corrected chi connectivity index (χ0v) is 12.7. The molecule has 0 fully saturated rings. The normalized spacial score (nSPS) is 13.0. The van der Waals surface area contributed by atoms with Crippen LogP contribution in [-0.4, -0.2) is 36.1 Å². The minimum Gasteiger partial charge on any atom is -0.380 e. The smallest absolute Gasteiger partial charge is 0.0738 e. The molecule has 1 atom stereocenters. The average molecular weight is 304 g/mol. The fourth-order valence-electron chi connectivity index (χ4n) is 1.80. The van der Waals surface area contributed by atoms with Gasteiger partial charge in [0.25, 0.3) is 0 Å². The van der Waals surface area contributed by atoms with Crippen molar-refractivity contribution in [3.63, 3.8) is 0 Å². The van der Waals surface area contributed by atoms with Gasteiger partial charge in [0.15, 0.2) is 0 Å². The molecule has 1 aromatic heterocycles. The van der Waals surface area contributed by atoms with Crippen molar-refractivity contribution in [2.75, 3.05) is 20.3 Å². The Morgan fingerprint density at radius 3 is 2.71 bits per heavy atom. The van der Waals surface area contributed by atoms with Crippen LogP contribution in [0.15, 0.2) is 4.47 Å². The number of aryl methyl sites for hydroxylation is 2. The van der Waals surface area contributed by atoms with Gasteiger partial charge in [0.2, 0.25) is 0 Å². The van der Waals surface area contributed by atoms with Crippen molar-refractivity contribution < 1.29 is 4.74 Å². The number of nitrogens with one attached hydrogen (secondary N) is 1.